The van der Waals surface area contributed by atoms with E-state index in [1.165, 1.54) is 0 Å². The van der Waals surface area contributed by atoms with Crippen molar-refractivity contribution in [3.8, 4) is 0 Å². The van der Waals surface area contributed by atoms with Gasteiger partial charge in [-0.25, -0.2) is 0 Å². The van der Waals surface area contributed by atoms with E-state index in [4.69, 9.17) is 4.74 Å². The van der Waals surface area contributed by atoms with Crippen LogP contribution in [0.5, 0.6) is 0 Å². The summed E-state index contributed by atoms with van der Waals surface area (Å²) in [5, 5.41) is 6.26. The molecule has 0 radical (unpaired) electrons. The van der Waals surface area contributed by atoms with E-state index in [0.717, 1.165) is 11.1 Å². The highest BCUT2D eigenvalue weighted by atomic mass is 16.6. The van der Waals surface area contributed by atoms with Crippen LogP contribution in [-0.4, -0.2) is 29.4 Å². The molecule has 2 atom stereocenters. The SMILES string of the molecule is CC(C)CC(C=CCCC(=O)OC(C)(C)C)C(=O)N[C@H](C(=O)NC(c1ccccc1)c1ccccc1)C(C)(C)C. The minimum atomic E-state index is -0.750. The molecular formula is C34H48N2O4. The Hall–Kier alpha value is -3.41. The van der Waals surface area contributed by atoms with Crippen LogP contribution < -0.4 is 10.6 Å². The van der Waals surface area contributed by atoms with Gasteiger partial charge in [-0.1, -0.05) is 107 Å². The Kier molecular flexibility index (Phi) is 12.2. The van der Waals surface area contributed by atoms with Crippen molar-refractivity contribution in [3.05, 3.63) is 83.9 Å². The normalized spacial score (nSPS) is 13.8. The second kappa shape index (κ2) is 14.8. The zero-order valence-electron chi connectivity index (χ0n) is 25.5. The molecule has 40 heavy (non-hydrogen) atoms. The number of esters is 1. The third kappa shape index (κ3) is 11.4. The highest BCUT2D eigenvalue weighted by Gasteiger charge is 2.35. The predicted octanol–water partition coefficient (Wildman–Crippen LogP) is 6.76. The summed E-state index contributed by atoms with van der Waals surface area (Å²) in [6, 6.07) is 18.6. The lowest BCUT2D eigenvalue weighted by atomic mass is 9.84. The molecule has 6 nitrogen and oxygen atoms in total. The number of hydrogen-bond acceptors (Lipinski definition) is 4. The van der Waals surface area contributed by atoms with Crippen molar-refractivity contribution < 1.29 is 19.1 Å². The van der Waals surface area contributed by atoms with Gasteiger partial charge >= 0.3 is 5.97 Å². The van der Waals surface area contributed by atoms with Crippen molar-refractivity contribution in [2.45, 2.75) is 92.3 Å². The molecule has 1 unspecified atom stereocenters. The Balaban J connectivity index is 2.20. The summed E-state index contributed by atoms with van der Waals surface area (Å²) in [5.41, 5.74) is 0.877. The van der Waals surface area contributed by atoms with Gasteiger partial charge in [-0.2, -0.15) is 0 Å². The van der Waals surface area contributed by atoms with Crippen molar-refractivity contribution >= 4 is 17.8 Å². The highest BCUT2D eigenvalue weighted by molar-refractivity contribution is 5.90. The van der Waals surface area contributed by atoms with Gasteiger partial charge in [0.15, 0.2) is 0 Å². The number of carbonyl (C=O) groups excluding carboxylic acids is 3. The van der Waals surface area contributed by atoms with E-state index in [1.54, 1.807) is 0 Å². The molecule has 0 heterocycles. The third-order valence-electron chi connectivity index (χ3n) is 6.33. The lowest BCUT2D eigenvalue weighted by Gasteiger charge is -2.33. The highest BCUT2D eigenvalue weighted by Crippen LogP contribution is 2.26. The molecule has 0 bridgehead atoms. The van der Waals surface area contributed by atoms with Crippen LogP contribution in [0.4, 0.5) is 0 Å². The van der Waals surface area contributed by atoms with Crippen LogP contribution in [0.15, 0.2) is 72.8 Å². The summed E-state index contributed by atoms with van der Waals surface area (Å²) >= 11 is 0. The van der Waals surface area contributed by atoms with Gasteiger partial charge in [0, 0.05) is 6.42 Å². The van der Waals surface area contributed by atoms with Crippen molar-refractivity contribution in [3.63, 3.8) is 0 Å². The smallest absolute Gasteiger partial charge is 0.306 e. The van der Waals surface area contributed by atoms with Crippen LogP contribution in [0, 0.1) is 17.3 Å². The van der Waals surface area contributed by atoms with E-state index in [2.05, 4.69) is 24.5 Å². The Labute approximate surface area is 241 Å². The van der Waals surface area contributed by atoms with Gasteiger partial charge in [-0.05, 0) is 56.1 Å². The minimum absolute atomic E-state index is 0.201. The number of ether oxygens (including phenoxy) is 1. The fourth-order valence-corrected chi connectivity index (χ4v) is 4.44. The zero-order chi connectivity index (χ0) is 29.9. The lowest BCUT2D eigenvalue weighted by molar-refractivity contribution is -0.154. The summed E-state index contributed by atoms with van der Waals surface area (Å²) in [4.78, 5) is 39.4. The lowest BCUT2D eigenvalue weighted by Crippen LogP contribution is -2.55. The summed E-state index contributed by atoms with van der Waals surface area (Å²) in [6.07, 6.45) is 5.08. The quantitative estimate of drug-likeness (QED) is 0.227. The molecule has 2 aromatic rings. The van der Waals surface area contributed by atoms with Gasteiger partial charge in [0.05, 0.1) is 12.0 Å². The molecule has 2 amide bonds. The van der Waals surface area contributed by atoms with Gasteiger partial charge in [0.1, 0.15) is 11.6 Å². The monoisotopic (exact) mass is 548 g/mol. The molecule has 2 N–H and O–H groups in total. The number of rotatable bonds is 12. The summed E-state index contributed by atoms with van der Waals surface area (Å²) in [6.45, 7) is 15.5. The van der Waals surface area contributed by atoms with E-state index in [9.17, 15) is 14.4 Å². The first-order valence-electron chi connectivity index (χ1n) is 14.3. The molecule has 0 aromatic heterocycles. The molecule has 6 heteroatoms. The van der Waals surface area contributed by atoms with Gasteiger partial charge in [-0.3, -0.25) is 14.4 Å². The maximum absolute atomic E-state index is 13.8. The predicted molar refractivity (Wildman–Crippen MR) is 161 cm³/mol. The van der Waals surface area contributed by atoms with Gasteiger partial charge < -0.3 is 15.4 Å². The van der Waals surface area contributed by atoms with Crippen molar-refractivity contribution in [2.75, 3.05) is 0 Å². The van der Waals surface area contributed by atoms with E-state index in [-0.39, 0.29) is 36.2 Å². The van der Waals surface area contributed by atoms with Crippen LogP contribution in [0.3, 0.4) is 0 Å². The Bertz CT molecular complexity index is 1070. The standard InChI is InChI=1S/C34H48N2O4/c1-24(2)23-27(21-15-16-22-28(37)40-34(6,7)8)31(38)36-30(33(3,4)5)32(39)35-29(25-17-11-9-12-18-25)26-19-13-10-14-20-26/h9-15,17-21,24,27,29-30H,16,22-23H2,1-8H3,(H,35,39)(H,36,38)/t27?,30-/m1/s1. The largest absolute Gasteiger partial charge is 0.460 e. The topological polar surface area (TPSA) is 84.5 Å². The fourth-order valence-electron chi connectivity index (χ4n) is 4.44. The van der Waals surface area contributed by atoms with Crippen LogP contribution in [0.25, 0.3) is 0 Å². The Morgan fingerprint density at radius 2 is 1.32 bits per heavy atom. The molecule has 2 aromatic carbocycles. The summed E-state index contributed by atoms with van der Waals surface area (Å²) in [5.74, 6) is -0.856. The Morgan fingerprint density at radius 3 is 1.77 bits per heavy atom. The summed E-state index contributed by atoms with van der Waals surface area (Å²) in [7, 11) is 0. The van der Waals surface area contributed by atoms with E-state index in [0.29, 0.717) is 12.8 Å². The molecule has 0 aliphatic rings. The number of nitrogens with one attached hydrogen (secondary N) is 2. The second-order valence-corrected chi connectivity index (χ2v) is 12.9. The second-order valence-electron chi connectivity index (χ2n) is 12.9. The molecular weight excluding hydrogens is 500 g/mol. The fraction of sp³-hybridized carbons (Fsp3) is 0.500. The molecule has 0 saturated heterocycles. The molecule has 0 saturated carbocycles. The molecule has 0 spiro atoms. The van der Waals surface area contributed by atoms with Gasteiger partial charge in [0.2, 0.25) is 11.8 Å². The molecule has 2 rings (SSSR count). The van der Waals surface area contributed by atoms with E-state index in [1.807, 2.05) is 114 Å². The number of allylic oxidation sites excluding steroid dienone is 1. The van der Waals surface area contributed by atoms with Gasteiger partial charge in [0.25, 0.3) is 0 Å². The van der Waals surface area contributed by atoms with E-state index >= 15 is 0 Å². The van der Waals surface area contributed by atoms with Crippen LogP contribution >= 0.6 is 0 Å². The minimum Gasteiger partial charge on any atom is -0.460 e. The average molecular weight is 549 g/mol. The average Bonchev–Trinajstić information content (AvgIpc) is 2.86. The number of carbonyl (C=O) groups is 3. The van der Waals surface area contributed by atoms with Crippen LogP contribution in [0.2, 0.25) is 0 Å². The van der Waals surface area contributed by atoms with Gasteiger partial charge in [-0.15, -0.1) is 0 Å². The first-order chi connectivity index (χ1) is 18.7. The molecule has 0 fully saturated rings. The Morgan fingerprint density at radius 1 is 0.800 bits per heavy atom. The molecule has 0 aliphatic heterocycles. The molecule has 218 valence electrons. The van der Waals surface area contributed by atoms with Crippen molar-refractivity contribution in [1.82, 2.24) is 10.6 Å². The maximum Gasteiger partial charge on any atom is 0.306 e. The first kappa shape index (κ1) is 32.8. The number of hydrogen-bond donors (Lipinski definition) is 2. The maximum atomic E-state index is 13.8. The molecule has 0 aliphatic carbocycles. The summed E-state index contributed by atoms with van der Waals surface area (Å²) < 4.78 is 5.37. The van der Waals surface area contributed by atoms with Crippen molar-refractivity contribution in [2.24, 2.45) is 17.3 Å². The van der Waals surface area contributed by atoms with E-state index < -0.39 is 23.0 Å². The number of benzene rings is 2. The van der Waals surface area contributed by atoms with Crippen LogP contribution in [0.1, 0.15) is 91.8 Å². The number of amides is 2. The van der Waals surface area contributed by atoms with Crippen molar-refractivity contribution in [1.29, 1.82) is 0 Å². The first-order valence-corrected chi connectivity index (χ1v) is 14.3. The third-order valence-corrected chi connectivity index (χ3v) is 6.33. The van der Waals surface area contributed by atoms with Crippen LogP contribution in [-0.2, 0) is 19.1 Å². The zero-order valence-corrected chi connectivity index (χ0v) is 25.5.